The maximum absolute atomic E-state index is 13.5. The Kier molecular flexibility index (Phi) is 5.79. The summed E-state index contributed by atoms with van der Waals surface area (Å²) in [5, 5.41) is 6.11. The van der Waals surface area contributed by atoms with Crippen molar-refractivity contribution in [3.05, 3.63) is 47.6 Å². The van der Waals surface area contributed by atoms with E-state index in [4.69, 9.17) is 17.1 Å². The topological polar surface area (TPSA) is 86.3 Å². The molecule has 1 aromatic carbocycles. The van der Waals surface area contributed by atoms with Crippen LogP contribution in [0, 0.1) is 17.7 Å². The first-order valence-corrected chi connectivity index (χ1v) is 10.4. The van der Waals surface area contributed by atoms with E-state index < -0.39 is 24.7 Å². The van der Waals surface area contributed by atoms with Crippen molar-refractivity contribution in [3.63, 3.8) is 0 Å². The predicted octanol–water partition coefficient (Wildman–Crippen LogP) is 3.14. The molecule has 170 valence electrons. The number of aromatic nitrogens is 3. The number of rotatable bonds is 5. The number of hydrogen-bond acceptors (Lipinski definition) is 7. The standard InChI is InChI=1S/C23H23ClFN7O/c1-31-8-10-32(11-9-31)7-3-2-4-22(33)30-21-13-17-20(14-26-21)27-15-28-23(17)29-16-5-6-19(25)18(24)12-16/h5-6,12-15H,3,7-11H2,1H3,(H,26,30,33)(H,27,28,29)/i10D2,11D2. The molecule has 4 rings (SSSR count). The minimum absolute atomic E-state index is 0.0299. The van der Waals surface area contributed by atoms with Crippen molar-refractivity contribution >= 4 is 45.7 Å². The lowest BCUT2D eigenvalue weighted by atomic mass is 10.2. The molecule has 0 bridgehead atoms. The summed E-state index contributed by atoms with van der Waals surface area (Å²) in [6.07, 6.45) is 2.90. The van der Waals surface area contributed by atoms with Crippen LogP contribution in [0.25, 0.3) is 10.9 Å². The van der Waals surface area contributed by atoms with Gasteiger partial charge in [0.25, 0.3) is 0 Å². The molecule has 33 heavy (non-hydrogen) atoms. The van der Waals surface area contributed by atoms with Crippen LogP contribution < -0.4 is 10.6 Å². The number of carbonyl (C=O) groups is 1. The van der Waals surface area contributed by atoms with E-state index in [1.165, 1.54) is 30.7 Å². The van der Waals surface area contributed by atoms with Gasteiger partial charge in [-0.05, 0) is 37.2 Å². The van der Waals surface area contributed by atoms with E-state index in [0.29, 0.717) is 22.4 Å². The zero-order valence-electron chi connectivity index (χ0n) is 21.7. The molecule has 3 heterocycles. The Balaban J connectivity index is 1.43. The molecule has 1 aliphatic rings. The van der Waals surface area contributed by atoms with Gasteiger partial charge in [-0.1, -0.05) is 17.5 Å². The number of anilines is 3. The van der Waals surface area contributed by atoms with Crippen molar-refractivity contribution in [1.82, 2.24) is 24.8 Å². The van der Waals surface area contributed by atoms with Crippen molar-refractivity contribution < 1.29 is 14.7 Å². The van der Waals surface area contributed by atoms with Gasteiger partial charge in [-0.25, -0.2) is 19.3 Å². The Hall–Kier alpha value is -3.32. The first-order chi connectivity index (χ1) is 17.4. The summed E-state index contributed by atoms with van der Waals surface area (Å²) in [7, 11) is 1.67. The largest absolute Gasteiger partial charge is 0.340 e. The molecular weight excluding hydrogens is 445 g/mol. The number of pyridine rings is 1. The lowest BCUT2D eigenvalue weighted by Crippen LogP contribution is -2.44. The number of fused-ring (bicyclic) bond motifs is 1. The third-order valence-electron chi connectivity index (χ3n) is 4.67. The van der Waals surface area contributed by atoms with Crippen molar-refractivity contribution in [2.24, 2.45) is 0 Å². The average Bonchev–Trinajstić information content (AvgIpc) is 2.79. The number of carbonyl (C=O) groups excluding carboxylic acids is 1. The molecule has 1 saturated heterocycles. The fourth-order valence-corrected chi connectivity index (χ4v) is 3.16. The fourth-order valence-electron chi connectivity index (χ4n) is 2.98. The summed E-state index contributed by atoms with van der Waals surface area (Å²) in [6.45, 7) is -3.54. The molecule has 8 nitrogen and oxygen atoms in total. The third kappa shape index (κ3) is 6.14. The molecule has 2 aromatic heterocycles. The van der Waals surface area contributed by atoms with E-state index >= 15 is 0 Å². The van der Waals surface area contributed by atoms with Gasteiger partial charge in [-0.15, -0.1) is 0 Å². The zero-order chi connectivity index (χ0) is 26.8. The van der Waals surface area contributed by atoms with Gasteiger partial charge >= 0.3 is 5.91 Å². The lowest BCUT2D eigenvalue weighted by molar-refractivity contribution is -0.111. The normalized spacial score (nSPS) is 19.4. The first kappa shape index (κ1) is 18.1. The monoisotopic (exact) mass is 471 g/mol. The maximum atomic E-state index is 13.5. The summed E-state index contributed by atoms with van der Waals surface area (Å²) in [5.41, 5.74) is 1.01. The van der Waals surface area contributed by atoms with Crippen molar-refractivity contribution in [3.8, 4) is 11.8 Å². The Morgan fingerprint density at radius 2 is 2.09 bits per heavy atom. The highest BCUT2D eigenvalue weighted by Crippen LogP contribution is 2.26. The van der Waals surface area contributed by atoms with Gasteiger partial charge in [0.05, 0.1) is 16.7 Å². The number of nitrogens with zero attached hydrogens (tertiary/aromatic N) is 5. The number of likely N-dealkylation sites (N-methyl/N-ethyl adjacent to an activating group) is 1. The Morgan fingerprint density at radius 1 is 1.27 bits per heavy atom. The van der Waals surface area contributed by atoms with E-state index in [2.05, 4.69) is 37.4 Å². The summed E-state index contributed by atoms with van der Waals surface area (Å²) in [4.78, 5) is 27.6. The van der Waals surface area contributed by atoms with Crippen LogP contribution in [-0.4, -0.2) is 70.3 Å². The molecule has 1 fully saturated rings. The van der Waals surface area contributed by atoms with Gasteiger partial charge in [-0.3, -0.25) is 15.0 Å². The molecule has 0 spiro atoms. The number of benzene rings is 1. The van der Waals surface area contributed by atoms with Gasteiger partial charge in [0.2, 0.25) is 0 Å². The summed E-state index contributed by atoms with van der Waals surface area (Å²) in [6, 6.07) is 5.72. The van der Waals surface area contributed by atoms with Crippen LogP contribution in [0.4, 0.5) is 21.7 Å². The smallest absolute Gasteiger partial charge is 0.301 e. The molecule has 0 unspecified atom stereocenters. The van der Waals surface area contributed by atoms with Crippen LogP contribution in [0.1, 0.15) is 11.9 Å². The van der Waals surface area contributed by atoms with E-state index in [9.17, 15) is 9.18 Å². The number of halogens is 2. The Labute approximate surface area is 201 Å². The second-order valence-corrected chi connectivity index (χ2v) is 7.62. The highest BCUT2D eigenvalue weighted by Gasteiger charge is 2.12. The SMILES string of the molecule is [2H]C1([2H])CN(C)CC([2H])([2H])N1CCC#CC(=O)Nc1cc2c(Nc3ccc(F)c(Cl)c3)ncnc2cn1. The number of piperazine rings is 1. The van der Waals surface area contributed by atoms with Crippen molar-refractivity contribution in [1.29, 1.82) is 0 Å². The summed E-state index contributed by atoms with van der Waals surface area (Å²) >= 11 is 5.85. The number of hydrogen-bond donors (Lipinski definition) is 2. The molecular formula is C23H23ClFN7O. The summed E-state index contributed by atoms with van der Waals surface area (Å²) in [5.74, 6) is 4.52. The van der Waals surface area contributed by atoms with Crippen LogP contribution in [0.2, 0.25) is 5.02 Å². The molecule has 0 aliphatic carbocycles. The van der Waals surface area contributed by atoms with E-state index in [0.717, 1.165) is 4.90 Å². The molecule has 2 N–H and O–H groups in total. The molecule has 1 aliphatic heterocycles. The minimum atomic E-state index is -1.86. The Bertz CT molecular complexity index is 1380. The van der Waals surface area contributed by atoms with E-state index in [1.54, 1.807) is 18.0 Å². The molecule has 0 atom stereocenters. The summed E-state index contributed by atoms with van der Waals surface area (Å²) < 4.78 is 46.1. The molecule has 0 radical (unpaired) electrons. The van der Waals surface area contributed by atoms with Gasteiger partial charge in [0.1, 0.15) is 23.8 Å². The highest BCUT2D eigenvalue weighted by atomic mass is 35.5. The predicted molar refractivity (Wildman–Crippen MR) is 127 cm³/mol. The highest BCUT2D eigenvalue weighted by molar-refractivity contribution is 6.31. The van der Waals surface area contributed by atoms with Gasteiger partial charge in [0, 0.05) is 55.6 Å². The van der Waals surface area contributed by atoms with Crippen molar-refractivity contribution in [2.45, 2.75) is 6.42 Å². The lowest BCUT2D eigenvalue weighted by Gasteiger charge is -2.31. The number of amides is 1. The zero-order valence-corrected chi connectivity index (χ0v) is 18.4. The molecule has 10 heteroatoms. The van der Waals surface area contributed by atoms with Crippen LogP contribution in [-0.2, 0) is 4.79 Å². The van der Waals surface area contributed by atoms with Gasteiger partial charge in [0.15, 0.2) is 0 Å². The number of nitrogens with one attached hydrogen (secondary N) is 2. The van der Waals surface area contributed by atoms with Gasteiger partial charge in [-0.2, -0.15) is 0 Å². The molecule has 0 saturated carbocycles. The van der Waals surface area contributed by atoms with Gasteiger partial charge < -0.3 is 10.2 Å². The van der Waals surface area contributed by atoms with Crippen LogP contribution in [0.3, 0.4) is 0 Å². The second-order valence-electron chi connectivity index (χ2n) is 7.21. The first-order valence-electron chi connectivity index (χ1n) is 12.0. The van der Waals surface area contributed by atoms with Crippen molar-refractivity contribution in [2.75, 3.05) is 50.3 Å². The van der Waals surface area contributed by atoms with Crippen LogP contribution in [0.15, 0.2) is 36.8 Å². The molecule has 3 aromatic rings. The maximum Gasteiger partial charge on any atom is 0.301 e. The molecule has 1 amide bonds. The van der Waals surface area contributed by atoms with Crippen LogP contribution >= 0.6 is 11.6 Å². The second kappa shape index (κ2) is 10.5. The van der Waals surface area contributed by atoms with E-state index in [-0.39, 0.29) is 36.9 Å². The Morgan fingerprint density at radius 3 is 2.88 bits per heavy atom. The third-order valence-corrected chi connectivity index (χ3v) is 4.96. The fraction of sp³-hybridized carbons (Fsp3) is 0.304. The minimum Gasteiger partial charge on any atom is -0.340 e. The van der Waals surface area contributed by atoms with Crippen LogP contribution in [0.5, 0.6) is 0 Å². The average molecular weight is 472 g/mol. The quantitative estimate of drug-likeness (QED) is 0.553. The van der Waals surface area contributed by atoms with E-state index in [1.807, 2.05) is 0 Å².